The third-order valence-corrected chi connectivity index (χ3v) is 2.05. The van der Waals surface area contributed by atoms with Crippen LogP contribution < -0.4 is 0 Å². The predicted molar refractivity (Wildman–Crippen MR) is 49.1 cm³/mol. The minimum Gasteiger partial charge on any atom is -0.396 e. The van der Waals surface area contributed by atoms with Crippen molar-refractivity contribution in [2.75, 3.05) is 6.61 Å². The van der Waals surface area contributed by atoms with E-state index in [4.69, 9.17) is 5.11 Å². The number of aliphatic hydroxyl groups is 1. The zero-order chi connectivity index (χ0) is 8.39. The lowest BCUT2D eigenvalue weighted by molar-refractivity contribution is 0.299. The van der Waals surface area contributed by atoms with Crippen LogP contribution in [0.25, 0.3) is 10.8 Å². The van der Waals surface area contributed by atoms with Crippen LogP contribution in [0.5, 0.6) is 0 Å². The van der Waals surface area contributed by atoms with Gasteiger partial charge in [0.05, 0.1) is 0 Å². The Morgan fingerprint density at radius 1 is 1.25 bits per heavy atom. The molecular weight excluding hydrogens is 150 g/mol. The van der Waals surface area contributed by atoms with E-state index in [0.29, 0.717) is 6.42 Å². The van der Waals surface area contributed by atoms with E-state index in [9.17, 15) is 0 Å². The molecule has 2 aromatic rings. The van der Waals surface area contributed by atoms with E-state index in [1.54, 1.807) is 0 Å². The number of hydrogen-bond acceptors (Lipinski definition) is 1. The van der Waals surface area contributed by atoms with Crippen molar-refractivity contribution in [1.29, 1.82) is 0 Å². The van der Waals surface area contributed by atoms with Gasteiger partial charge in [-0.15, -0.1) is 0 Å². The second-order valence-electron chi connectivity index (χ2n) is 2.83. The first-order chi connectivity index (χ1) is 5.92. The molecule has 0 radical (unpaired) electrons. The molecule has 2 nitrogen and oxygen atoms in total. The molecule has 1 aromatic heterocycles. The molecule has 12 heavy (non-hydrogen) atoms. The van der Waals surface area contributed by atoms with Crippen LogP contribution in [0.1, 0.15) is 5.69 Å². The minimum absolute atomic E-state index is 0.199. The molecule has 0 unspecified atom stereocenters. The summed E-state index contributed by atoms with van der Waals surface area (Å²) in [5.74, 6) is 0. The molecule has 0 saturated carbocycles. The molecule has 0 bridgehead atoms. The van der Waals surface area contributed by atoms with Crippen LogP contribution >= 0.6 is 0 Å². The van der Waals surface area contributed by atoms with Gasteiger partial charge in [0.25, 0.3) is 0 Å². The topological polar surface area (TPSA) is 36.0 Å². The van der Waals surface area contributed by atoms with Gasteiger partial charge in [0.1, 0.15) is 0 Å². The first kappa shape index (κ1) is 7.37. The zero-order valence-electron chi connectivity index (χ0n) is 6.75. The predicted octanol–water partition coefficient (Wildman–Crippen LogP) is 1.70. The maximum absolute atomic E-state index is 8.78. The monoisotopic (exact) mass is 161 g/mol. The molecular formula is C10H11NO. The maximum atomic E-state index is 8.78. The van der Waals surface area contributed by atoms with E-state index < -0.39 is 0 Å². The quantitative estimate of drug-likeness (QED) is 0.691. The average molecular weight is 161 g/mol. The average Bonchev–Trinajstić information content (AvgIpc) is 2.50. The Morgan fingerprint density at radius 2 is 2.08 bits per heavy atom. The second kappa shape index (κ2) is 2.99. The largest absolute Gasteiger partial charge is 0.396 e. The van der Waals surface area contributed by atoms with Gasteiger partial charge in [-0.05, 0) is 5.39 Å². The van der Waals surface area contributed by atoms with Crippen molar-refractivity contribution in [2.24, 2.45) is 0 Å². The molecule has 0 aliphatic rings. The summed E-state index contributed by atoms with van der Waals surface area (Å²) in [5.41, 5.74) is 1.12. The number of nitrogens with one attached hydrogen (secondary N) is 1. The smallest absolute Gasteiger partial charge is 0.0485 e. The maximum Gasteiger partial charge on any atom is 0.0485 e. The van der Waals surface area contributed by atoms with Crippen LogP contribution in [-0.2, 0) is 6.42 Å². The molecule has 0 atom stereocenters. The molecule has 2 heteroatoms. The number of H-pyrrole nitrogens is 1. The fraction of sp³-hybridized carbons (Fsp3) is 0.200. The molecule has 2 N–H and O–H groups in total. The Balaban J connectivity index is 2.55. The zero-order valence-corrected chi connectivity index (χ0v) is 6.75. The van der Waals surface area contributed by atoms with E-state index >= 15 is 0 Å². The summed E-state index contributed by atoms with van der Waals surface area (Å²) in [6.45, 7) is 0.199. The van der Waals surface area contributed by atoms with Crippen molar-refractivity contribution in [3.63, 3.8) is 0 Å². The van der Waals surface area contributed by atoms with Crippen LogP contribution in [0.4, 0.5) is 0 Å². The second-order valence-corrected chi connectivity index (χ2v) is 2.83. The lowest BCUT2D eigenvalue weighted by atomic mass is 10.1. The number of benzene rings is 1. The Bertz CT molecular complexity index is 378. The number of rotatable bonds is 2. The summed E-state index contributed by atoms with van der Waals surface area (Å²) < 4.78 is 0. The fourth-order valence-corrected chi connectivity index (χ4v) is 1.46. The number of aromatic amines is 1. The van der Waals surface area contributed by atoms with Crippen molar-refractivity contribution >= 4 is 10.8 Å². The molecule has 0 aliphatic heterocycles. The normalized spacial score (nSPS) is 10.8. The van der Waals surface area contributed by atoms with Gasteiger partial charge in [0, 0.05) is 30.3 Å². The Hall–Kier alpha value is -1.28. The molecule has 0 amide bonds. The highest BCUT2D eigenvalue weighted by Crippen LogP contribution is 2.17. The van der Waals surface area contributed by atoms with Gasteiger partial charge in [0.15, 0.2) is 0 Å². The SMILES string of the molecule is OCCc1[nH]cc2ccccc12. The first-order valence-corrected chi connectivity index (χ1v) is 4.07. The third-order valence-electron chi connectivity index (χ3n) is 2.05. The van der Waals surface area contributed by atoms with Crippen LogP contribution in [0.3, 0.4) is 0 Å². The summed E-state index contributed by atoms with van der Waals surface area (Å²) >= 11 is 0. The van der Waals surface area contributed by atoms with Crippen molar-refractivity contribution in [3.05, 3.63) is 36.2 Å². The van der Waals surface area contributed by atoms with Crippen LogP contribution in [0, 0.1) is 0 Å². The Kier molecular flexibility index (Phi) is 1.84. The molecule has 1 heterocycles. The molecule has 62 valence electrons. The van der Waals surface area contributed by atoms with Gasteiger partial charge in [-0.3, -0.25) is 0 Å². The van der Waals surface area contributed by atoms with Crippen LogP contribution in [0.15, 0.2) is 30.5 Å². The summed E-state index contributed by atoms with van der Waals surface area (Å²) in [6, 6.07) is 8.15. The van der Waals surface area contributed by atoms with E-state index in [0.717, 1.165) is 5.69 Å². The highest BCUT2D eigenvalue weighted by Gasteiger charge is 2.00. The van der Waals surface area contributed by atoms with Crippen molar-refractivity contribution < 1.29 is 5.11 Å². The van der Waals surface area contributed by atoms with Crippen LogP contribution in [-0.4, -0.2) is 16.7 Å². The van der Waals surface area contributed by atoms with E-state index in [-0.39, 0.29) is 6.61 Å². The van der Waals surface area contributed by atoms with E-state index in [1.165, 1.54) is 10.8 Å². The van der Waals surface area contributed by atoms with E-state index in [1.807, 2.05) is 18.3 Å². The van der Waals surface area contributed by atoms with Crippen LogP contribution in [0.2, 0.25) is 0 Å². The summed E-state index contributed by atoms with van der Waals surface area (Å²) in [7, 11) is 0. The first-order valence-electron chi connectivity index (χ1n) is 4.07. The Labute approximate surface area is 70.8 Å². The third kappa shape index (κ3) is 1.10. The summed E-state index contributed by atoms with van der Waals surface area (Å²) in [4.78, 5) is 3.15. The van der Waals surface area contributed by atoms with Crippen molar-refractivity contribution in [2.45, 2.75) is 6.42 Å². The lowest BCUT2D eigenvalue weighted by Crippen LogP contribution is -1.90. The highest BCUT2D eigenvalue weighted by molar-refractivity contribution is 5.85. The van der Waals surface area contributed by atoms with Crippen molar-refractivity contribution in [3.8, 4) is 0 Å². The summed E-state index contributed by atoms with van der Waals surface area (Å²) in [5, 5.41) is 11.2. The molecule has 0 saturated heterocycles. The molecule has 0 spiro atoms. The van der Waals surface area contributed by atoms with Gasteiger partial charge in [-0.2, -0.15) is 0 Å². The Morgan fingerprint density at radius 3 is 2.92 bits per heavy atom. The van der Waals surface area contributed by atoms with Gasteiger partial charge >= 0.3 is 0 Å². The van der Waals surface area contributed by atoms with Gasteiger partial charge in [-0.1, -0.05) is 24.3 Å². The van der Waals surface area contributed by atoms with Gasteiger partial charge < -0.3 is 10.1 Å². The minimum atomic E-state index is 0.199. The highest BCUT2D eigenvalue weighted by atomic mass is 16.3. The molecule has 0 fully saturated rings. The summed E-state index contributed by atoms with van der Waals surface area (Å²) in [6.07, 6.45) is 2.67. The number of fused-ring (bicyclic) bond motifs is 1. The molecule has 0 aliphatic carbocycles. The lowest BCUT2D eigenvalue weighted by Gasteiger charge is -1.94. The van der Waals surface area contributed by atoms with Crippen molar-refractivity contribution in [1.82, 2.24) is 4.98 Å². The fourth-order valence-electron chi connectivity index (χ4n) is 1.46. The van der Waals surface area contributed by atoms with Gasteiger partial charge in [-0.25, -0.2) is 0 Å². The molecule has 1 aromatic carbocycles. The van der Waals surface area contributed by atoms with E-state index in [2.05, 4.69) is 17.1 Å². The molecule has 2 rings (SSSR count). The standard InChI is InChI=1S/C10H11NO/c12-6-5-10-9-4-2-1-3-8(9)7-11-10/h1-4,7,11-12H,5-6H2. The number of aromatic nitrogens is 1. The number of hydrogen-bond donors (Lipinski definition) is 2. The van der Waals surface area contributed by atoms with Gasteiger partial charge in [0.2, 0.25) is 0 Å². The number of aliphatic hydroxyl groups excluding tert-OH is 1.